The number of rotatable bonds is 6. The van der Waals surface area contributed by atoms with Crippen molar-refractivity contribution in [3.05, 3.63) is 46.1 Å². The van der Waals surface area contributed by atoms with E-state index in [4.69, 9.17) is 4.74 Å². The van der Waals surface area contributed by atoms with E-state index in [1.807, 2.05) is 6.92 Å². The van der Waals surface area contributed by atoms with E-state index in [-0.39, 0.29) is 17.9 Å². The first kappa shape index (κ1) is 21.0. The highest BCUT2D eigenvalue weighted by Crippen LogP contribution is 2.38. The molecule has 0 bridgehead atoms. The number of nitrogens with zero attached hydrogens (tertiary/aromatic N) is 2. The highest BCUT2D eigenvalue weighted by molar-refractivity contribution is 7.17. The van der Waals surface area contributed by atoms with Gasteiger partial charge in [0.1, 0.15) is 5.00 Å². The van der Waals surface area contributed by atoms with Crippen molar-refractivity contribution in [2.24, 2.45) is 0 Å². The standard InChI is InChI=1S/C22H28N4O3S/c1-15(14-26-9-11-29-12-10-26)24-21(28)19-17-6-2-3-7-18(17)30-22(19)25-20(27)16-5-4-8-23-13-16/h4-5,8,13,15H,2-3,6-7,9-12,14H2,1H3,(H,24,28)(H,25,27). The number of nitrogens with one attached hydrogen (secondary N) is 2. The second-order valence-electron chi connectivity index (χ2n) is 7.90. The molecule has 7 nitrogen and oxygen atoms in total. The van der Waals surface area contributed by atoms with Gasteiger partial charge in [-0.05, 0) is 50.3 Å². The number of morpholine rings is 1. The highest BCUT2D eigenvalue weighted by atomic mass is 32.1. The summed E-state index contributed by atoms with van der Waals surface area (Å²) in [5.74, 6) is -0.339. The summed E-state index contributed by atoms with van der Waals surface area (Å²) in [4.78, 5) is 33.5. The van der Waals surface area contributed by atoms with Crippen LogP contribution >= 0.6 is 11.3 Å². The molecular weight excluding hydrogens is 400 g/mol. The van der Waals surface area contributed by atoms with Gasteiger partial charge in [-0.1, -0.05) is 0 Å². The second-order valence-corrected chi connectivity index (χ2v) is 9.00. The molecule has 3 heterocycles. The number of hydrogen-bond donors (Lipinski definition) is 2. The molecule has 0 spiro atoms. The summed E-state index contributed by atoms with van der Waals surface area (Å²) < 4.78 is 5.40. The first-order valence-electron chi connectivity index (χ1n) is 10.6. The van der Waals surface area contributed by atoms with Gasteiger partial charge >= 0.3 is 0 Å². The fourth-order valence-electron chi connectivity index (χ4n) is 4.08. The van der Waals surface area contributed by atoms with Crippen LogP contribution in [0.15, 0.2) is 24.5 Å². The lowest BCUT2D eigenvalue weighted by Gasteiger charge is -2.29. The topological polar surface area (TPSA) is 83.6 Å². The van der Waals surface area contributed by atoms with Crippen LogP contribution in [0, 0.1) is 0 Å². The van der Waals surface area contributed by atoms with Gasteiger partial charge in [-0.25, -0.2) is 0 Å². The first-order chi connectivity index (χ1) is 14.6. The fraction of sp³-hybridized carbons (Fsp3) is 0.500. The molecule has 160 valence electrons. The Morgan fingerprint density at radius 2 is 2.03 bits per heavy atom. The lowest BCUT2D eigenvalue weighted by molar-refractivity contribution is 0.0342. The van der Waals surface area contributed by atoms with Gasteiger partial charge in [-0.3, -0.25) is 19.5 Å². The minimum Gasteiger partial charge on any atom is -0.379 e. The predicted octanol–water partition coefficient (Wildman–Crippen LogP) is 2.72. The quantitative estimate of drug-likeness (QED) is 0.739. The molecule has 8 heteroatoms. The Morgan fingerprint density at radius 1 is 1.23 bits per heavy atom. The number of hydrogen-bond acceptors (Lipinski definition) is 6. The van der Waals surface area contributed by atoms with E-state index < -0.39 is 0 Å². The van der Waals surface area contributed by atoms with Gasteiger partial charge in [0.05, 0.1) is 24.3 Å². The average Bonchev–Trinajstić information content (AvgIpc) is 3.12. The number of pyridine rings is 1. The monoisotopic (exact) mass is 428 g/mol. The molecule has 1 unspecified atom stereocenters. The summed E-state index contributed by atoms with van der Waals surface area (Å²) in [5, 5.41) is 6.77. The molecule has 0 aromatic carbocycles. The third-order valence-electron chi connectivity index (χ3n) is 5.56. The first-order valence-corrected chi connectivity index (χ1v) is 11.4. The van der Waals surface area contributed by atoms with Crippen molar-refractivity contribution in [1.82, 2.24) is 15.2 Å². The molecule has 2 aromatic heterocycles. The molecule has 1 saturated heterocycles. The van der Waals surface area contributed by atoms with Crippen LogP contribution < -0.4 is 10.6 Å². The van der Waals surface area contributed by atoms with E-state index in [2.05, 4.69) is 20.5 Å². The SMILES string of the molecule is CC(CN1CCOCC1)NC(=O)c1c(NC(=O)c2cccnc2)sc2c1CCCC2. The van der Waals surface area contributed by atoms with Gasteiger partial charge in [0.2, 0.25) is 0 Å². The van der Waals surface area contributed by atoms with Crippen LogP contribution in [0.2, 0.25) is 0 Å². The maximum atomic E-state index is 13.3. The minimum atomic E-state index is -0.239. The Labute approximate surface area is 180 Å². The van der Waals surface area contributed by atoms with Crippen LogP contribution in [0.25, 0.3) is 0 Å². The highest BCUT2D eigenvalue weighted by Gasteiger charge is 2.27. The summed E-state index contributed by atoms with van der Waals surface area (Å²) in [7, 11) is 0. The van der Waals surface area contributed by atoms with Crippen molar-refractivity contribution < 1.29 is 14.3 Å². The van der Waals surface area contributed by atoms with Gasteiger partial charge < -0.3 is 15.4 Å². The van der Waals surface area contributed by atoms with Crippen molar-refractivity contribution in [1.29, 1.82) is 0 Å². The fourth-order valence-corrected chi connectivity index (χ4v) is 5.36. The molecule has 1 aliphatic carbocycles. The molecule has 2 aromatic rings. The van der Waals surface area contributed by atoms with Crippen molar-refractivity contribution in [3.63, 3.8) is 0 Å². The van der Waals surface area contributed by atoms with E-state index in [1.165, 1.54) is 22.4 Å². The van der Waals surface area contributed by atoms with Gasteiger partial charge in [-0.15, -0.1) is 11.3 Å². The van der Waals surface area contributed by atoms with Gasteiger partial charge in [-0.2, -0.15) is 0 Å². The zero-order valence-corrected chi connectivity index (χ0v) is 18.1. The number of fused-ring (bicyclic) bond motifs is 1. The van der Waals surface area contributed by atoms with Crippen LogP contribution in [0.3, 0.4) is 0 Å². The van der Waals surface area contributed by atoms with E-state index in [9.17, 15) is 9.59 Å². The molecule has 0 saturated carbocycles. The molecule has 1 atom stereocenters. The third-order valence-corrected chi connectivity index (χ3v) is 6.77. The summed E-state index contributed by atoms with van der Waals surface area (Å²) >= 11 is 1.54. The van der Waals surface area contributed by atoms with Crippen LogP contribution in [0.1, 0.15) is 50.9 Å². The Balaban J connectivity index is 1.51. The molecule has 1 aliphatic heterocycles. The third kappa shape index (κ3) is 4.88. The number of aryl methyl sites for hydroxylation is 1. The Morgan fingerprint density at radius 3 is 2.80 bits per heavy atom. The Hall–Kier alpha value is -2.29. The largest absolute Gasteiger partial charge is 0.379 e. The predicted molar refractivity (Wildman–Crippen MR) is 117 cm³/mol. The maximum Gasteiger partial charge on any atom is 0.257 e. The number of thiophene rings is 1. The number of aromatic nitrogens is 1. The molecule has 2 amide bonds. The normalized spacial score (nSPS) is 17.8. The summed E-state index contributed by atoms with van der Waals surface area (Å²) in [6.45, 7) is 6.08. The van der Waals surface area contributed by atoms with Crippen LogP contribution in [0.4, 0.5) is 5.00 Å². The Kier molecular flexibility index (Phi) is 6.76. The van der Waals surface area contributed by atoms with Crippen LogP contribution in [0.5, 0.6) is 0 Å². The molecule has 1 fully saturated rings. The molecule has 2 aliphatic rings. The molecule has 0 radical (unpaired) electrons. The number of anilines is 1. The number of carbonyl (C=O) groups excluding carboxylic acids is 2. The van der Waals surface area contributed by atoms with E-state index in [0.717, 1.165) is 64.1 Å². The summed E-state index contributed by atoms with van der Waals surface area (Å²) in [5.41, 5.74) is 2.22. The van der Waals surface area contributed by atoms with Crippen LogP contribution in [-0.2, 0) is 17.6 Å². The van der Waals surface area contributed by atoms with Crippen molar-refractivity contribution in [2.75, 3.05) is 38.2 Å². The zero-order valence-electron chi connectivity index (χ0n) is 17.3. The number of ether oxygens (including phenoxy) is 1. The van der Waals surface area contributed by atoms with Crippen molar-refractivity contribution in [2.45, 2.75) is 38.6 Å². The van der Waals surface area contributed by atoms with E-state index in [0.29, 0.717) is 16.1 Å². The second kappa shape index (κ2) is 9.68. The van der Waals surface area contributed by atoms with Gasteiger partial charge in [0.25, 0.3) is 11.8 Å². The van der Waals surface area contributed by atoms with Crippen LogP contribution in [-0.4, -0.2) is 60.6 Å². The molecule has 4 rings (SSSR count). The molecule has 30 heavy (non-hydrogen) atoms. The average molecular weight is 429 g/mol. The summed E-state index contributed by atoms with van der Waals surface area (Å²) in [6.07, 6.45) is 7.21. The Bertz CT molecular complexity index is 893. The number of carbonyl (C=O) groups is 2. The van der Waals surface area contributed by atoms with E-state index in [1.54, 1.807) is 18.3 Å². The molecule has 2 N–H and O–H groups in total. The van der Waals surface area contributed by atoms with Gasteiger partial charge in [0.15, 0.2) is 0 Å². The minimum absolute atomic E-state index is 0.0108. The van der Waals surface area contributed by atoms with Crippen molar-refractivity contribution >= 4 is 28.2 Å². The lowest BCUT2D eigenvalue weighted by Crippen LogP contribution is -2.46. The van der Waals surface area contributed by atoms with Gasteiger partial charge in [0, 0.05) is 42.9 Å². The smallest absolute Gasteiger partial charge is 0.257 e. The number of amides is 2. The molecular formula is C22H28N4O3S. The summed E-state index contributed by atoms with van der Waals surface area (Å²) in [6, 6.07) is 3.46. The maximum absolute atomic E-state index is 13.3. The van der Waals surface area contributed by atoms with Crippen molar-refractivity contribution in [3.8, 4) is 0 Å². The zero-order chi connectivity index (χ0) is 20.9. The van der Waals surface area contributed by atoms with E-state index >= 15 is 0 Å². The lowest BCUT2D eigenvalue weighted by atomic mass is 9.95.